The van der Waals surface area contributed by atoms with Gasteiger partial charge in [-0.25, -0.2) is 4.98 Å². The van der Waals surface area contributed by atoms with Gasteiger partial charge >= 0.3 is 0 Å². The lowest BCUT2D eigenvalue weighted by molar-refractivity contribution is 0.675. The number of unbranched alkanes of at least 4 members (excludes halogenated alkanes) is 4. The lowest BCUT2D eigenvalue weighted by Gasteiger charge is -1.95. The molecule has 0 radical (unpaired) electrons. The van der Waals surface area contributed by atoms with Gasteiger partial charge in [-0.3, -0.25) is 0 Å². The van der Waals surface area contributed by atoms with Crippen molar-refractivity contribution in [2.45, 2.75) is 39.0 Å². The molecule has 1 rings (SSSR count). The zero-order valence-electron chi connectivity index (χ0n) is 9.25. The molecule has 0 N–H and O–H groups in total. The SMILES string of the molecule is CCCCCCC=Cc1ccc(Br)nc1. The van der Waals surface area contributed by atoms with Gasteiger partial charge in [-0.2, -0.15) is 0 Å². The predicted molar refractivity (Wildman–Crippen MR) is 69.7 cm³/mol. The summed E-state index contributed by atoms with van der Waals surface area (Å²) in [6, 6.07) is 4.04. The first-order valence-corrected chi connectivity index (χ1v) is 6.40. The molecule has 0 spiro atoms. The second-order valence-corrected chi connectivity index (χ2v) is 4.48. The number of allylic oxidation sites excluding steroid dienone is 1. The largest absolute Gasteiger partial charge is 0.249 e. The van der Waals surface area contributed by atoms with E-state index in [0.29, 0.717) is 0 Å². The molecule has 1 aromatic heterocycles. The molecule has 1 aromatic rings. The van der Waals surface area contributed by atoms with Crippen molar-refractivity contribution in [2.24, 2.45) is 0 Å². The highest BCUT2D eigenvalue weighted by molar-refractivity contribution is 9.10. The molecule has 0 fully saturated rings. The highest BCUT2D eigenvalue weighted by Crippen LogP contribution is 2.09. The molecule has 1 heterocycles. The van der Waals surface area contributed by atoms with Gasteiger partial charge in [0.1, 0.15) is 4.60 Å². The third kappa shape index (κ3) is 5.73. The molecule has 0 aliphatic carbocycles. The molecule has 15 heavy (non-hydrogen) atoms. The molecule has 0 atom stereocenters. The van der Waals surface area contributed by atoms with Gasteiger partial charge < -0.3 is 0 Å². The van der Waals surface area contributed by atoms with Gasteiger partial charge in [0.05, 0.1) is 0 Å². The van der Waals surface area contributed by atoms with Crippen molar-refractivity contribution in [3.63, 3.8) is 0 Å². The van der Waals surface area contributed by atoms with Crippen LogP contribution in [0.3, 0.4) is 0 Å². The summed E-state index contributed by atoms with van der Waals surface area (Å²) in [5.41, 5.74) is 1.17. The molecular formula is C13H18BrN. The Kier molecular flexibility index (Phi) is 6.33. The van der Waals surface area contributed by atoms with E-state index in [4.69, 9.17) is 0 Å². The summed E-state index contributed by atoms with van der Waals surface area (Å²) in [5, 5.41) is 0. The van der Waals surface area contributed by atoms with Crippen LogP contribution in [-0.2, 0) is 0 Å². The second-order valence-electron chi connectivity index (χ2n) is 3.67. The lowest BCUT2D eigenvalue weighted by Crippen LogP contribution is -1.77. The summed E-state index contributed by atoms with van der Waals surface area (Å²) < 4.78 is 0.891. The standard InChI is InChI=1S/C13H18BrN/c1-2-3-4-5-6-7-8-12-9-10-13(14)15-11-12/h7-11H,2-6H2,1H3. The number of halogens is 1. The molecule has 0 bridgehead atoms. The number of hydrogen-bond acceptors (Lipinski definition) is 1. The van der Waals surface area contributed by atoms with Crippen LogP contribution >= 0.6 is 15.9 Å². The van der Waals surface area contributed by atoms with Crippen molar-refractivity contribution < 1.29 is 0 Å². The predicted octanol–water partition coefficient (Wildman–Crippen LogP) is 4.83. The first-order chi connectivity index (χ1) is 7.33. The summed E-state index contributed by atoms with van der Waals surface area (Å²) in [6.45, 7) is 2.24. The average molecular weight is 268 g/mol. The third-order valence-corrected chi connectivity index (χ3v) is 2.75. The summed E-state index contributed by atoms with van der Waals surface area (Å²) in [5.74, 6) is 0. The van der Waals surface area contributed by atoms with Crippen molar-refractivity contribution in [1.82, 2.24) is 4.98 Å². The minimum Gasteiger partial charge on any atom is -0.249 e. The topological polar surface area (TPSA) is 12.9 Å². The normalized spacial score (nSPS) is 11.1. The van der Waals surface area contributed by atoms with Crippen molar-refractivity contribution >= 4 is 22.0 Å². The highest BCUT2D eigenvalue weighted by Gasteiger charge is 1.88. The monoisotopic (exact) mass is 267 g/mol. The molecule has 82 valence electrons. The average Bonchev–Trinajstić information content (AvgIpc) is 2.26. The van der Waals surface area contributed by atoms with E-state index in [1.807, 2.05) is 12.3 Å². The fourth-order valence-electron chi connectivity index (χ4n) is 1.39. The van der Waals surface area contributed by atoms with Gasteiger partial charge in [-0.15, -0.1) is 0 Å². The molecule has 1 nitrogen and oxygen atoms in total. The minimum absolute atomic E-state index is 0.891. The molecular weight excluding hydrogens is 250 g/mol. The lowest BCUT2D eigenvalue weighted by atomic mass is 10.1. The van der Waals surface area contributed by atoms with E-state index in [0.717, 1.165) is 4.60 Å². The second kappa shape index (κ2) is 7.63. The van der Waals surface area contributed by atoms with Crippen LogP contribution in [0.5, 0.6) is 0 Å². The summed E-state index contributed by atoms with van der Waals surface area (Å²) in [7, 11) is 0. The molecule has 0 unspecified atom stereocenters. The first-order valence-electron chi connectivity index (χ1n) is 5.61. The van der Waals surface area contributed by atoms with Crippen molar-refractivity contribution in [3.8, 4) is 0 Å². The molecule has 2 heteroatoms. The minimum atomic E-state index is 0.891. The summed E-state index contributed by atoms with van der Waals surface area (Å²) >= 11 is 3.32. The molecule has 0 aliphatic heterocycles. The number of rotatable bonds is 6. The fraction of sp³-hybridized carbons (Fsp3) is 0.462. The Morgan fingerprint density at radius 2 is 2.13 bits per heavy atom. The number of pyridine rings is 1. The zero-order chi connectivity index (χ0) is 10.9. The van der Waals surface area contributed by atoms with Crippen LogP contribution in [0.2, 0.25) is 0 Å². The molecule has 0 saturated carbocycles. The quantitative estimate of drug-likeness (QED) is 0.532. The van der Waals surface area contributed by atoms with E-state index in [1.165, 1.54) is 37.7 Å². The van der Waals surface area contributed by atoms with E-state index in [1.54, 1.807) is 0 Å². The van der Waals surface area contributed by atoms with Crippen LogP contribution in [0, 0.1) is 0 Å². The highest BCUT2D eigenvalue weighted by atomic mass is 79.9. The van der Waals surface area contributed by atoms with Crippen molar-refractivity contribution in [3.05, 3.63) is 34.6 Å². The fourth-order valence-corrected chi connectivity index (χ4v) is 1.63. The van der Waals surface area contributed by atoms with E-state index in [-0.39, 0.29) is 0 Å². The van der Waals surface area contributed by atoms with Gasteiger partial charge in [0, 0.05) is 6.20 Å². The van der Waals surface area contributed by atoms with Crippen molar-refractivity contribution in [2.75, 3.05) is 0 Å². The van der Waals surface area contributed by atoms with E-state index >= 15 is 0 Å². The molecule has 0 saturated heterocycles. The Labute approximate surface area is 101 Å². The summed E-state index contributed by atoms with van der Waals surface area (Å²) in [4.78, 5) is 4.17. The Bertz CT molecular complexity index is 290. The summed E-state index contributed by atoms with van der Waals surface area (Å²) in [6.07, 6.45) is 12.7. The van der Waals surface area contributed by atoms with Gasteiger partial charge in [-0.05, 0) is 40.4 Å². The van der Waals surface area contributed by atoms with Crippen molar-refractivity contribution in [1.29, 1.82) is 0 Å². The van der Waals surface area contributed by atoms with E-state index in [2.05, 4.69) is 46.1 Å². The number of hydrogen-bond donors (Lipinski definition) is 0. The maximum atomic E-state index is 4.17. The van der Waals surface area contributed by atoms with E-state index in [9.17, 15) is 0 Å². The number of nitrogens with zero attached hydrogens (tertiary/aromatic N) is 1. The van der Waals surface area contributed by atoms with Crippen LogP contribution in [-0.4, -0.2) is 4.98 Å². The van der Waals surface area contributed by atoms with Crippen LogP contribution in [0.15, 0.2) is 29.0 Å². The third-order valence-electron chi connectivity index (χ3n) is 2.28. The molecule has 0 aliphatic rings. The maximum Gasteiger partial charge on any atom is 0.106 e. The van der Waals surface area contributed by atoms with Gasteiger partial charge in [0.2, 0.25) is 0 Å². The smallest absolute Gasteiger partial charge is 0.106 e. The Hall–Kier alpha value is -0.630. The van der Waals surface area contributed by atoms with Gasteiger partial charge in [0.15, 0.2) is 0 Å². The Morgan fingerprint density at radius 3 is 2.80 bits per heavy atom. The Morgan fingerprint density at radius 1 is 1.27 bits per heavy atom. The van der Waals surface area contributed by atoms with Crippen LogP contribution < -0.4 is 0 Å². The van der Waals surface area contributed by atoms with Crippen LogP contribution in [0.1, 0.15) is 44.6 Å². The Balaban J connectivity index is 2.23. The zero-order valence-corrected chi connectivity index (χ0v) is 10.8. The van der Waals surface area contributed by atoms with Crippen LogP contribution in [0.25, 0.3) is 6.08 Å². The molecule has 0 aromatic carbocycles. The van der Waals surface area contributed by atoms with Crippen LogP contribution in [0.4, 0.5) is 0 Å². The van der Waals surface area contributed by atoms with Gasteiger partial charge in [-0.1, -0.05) is 44.4 Å². The van der Waals surface area contributed by atoms with Gasteiger partial charge in [0.25, 0.3) is 0 Å². The maximum absolute atomic E-state index is 4.17. The van der Waals surface area contributed by atoms with E-state index < -0.39 is 0 Å². The number of aromatic nitrogens is 1. The first kappa shape index (κ1) is 12.4. The molecule has 0 amide bonds.